The first-order valence-electron chi connectivity index (χ1n) is 5.52. The van der Waals surface area contributed by atoms with E-state index >= 15 is 0 Å². The lowest BCUT2D eigenvalue weighted by atomic mass is 9.79. The van der Waals surface area contributed by atoms with Crippen molar-refractivity contribution >= 4 is 12.6 Å². The molecule has 3 N–H and O–H groups in total. The summed E-state index contributed by atoms with van der Waals surface area (Å²) in [7, 11) is -0.612. The Morgan fingerprint density at radius 3 is 2.47 bits per heavy atom. The third-order valence-corrected chi connectivity index (χ3v) is 2.76. The second kappa shape index (κ2) is 5.62. The summed E-state index contributed by atoms with van der Waals surface area (Å²) in [5.41, 5.74) is 0.818. The van der Waals surface area contributed by atoms with Crippen molar-refractivity contribution in [3.05, 3.63) is 30.3 Å². The first-order valence-corrected chi connectivity index (χ1v) is 5.52. The van der Waals surface area contributed by atoms with Gasteiger partial charge in [-0.15, -0.1) is 0 Å². The first-order chi connectivity index (χ1) is 8.26. The number of hydrogen-bond acceptors (Lipinski definition) is 5. The molecule has 1 aromatic rings. The summed E-state index contributed by atoms with van der Waals surface area (Å²) in [6.45, 7) is -0.683. The van der Waals surface area contributed by atoms with Gasteiger partial charge in [0.1, 0.15) is 6.10 Å². The Bertz CT molecular complexity index is 347. The van der Waals surface area contributed by atoms with Gasteiger partial charge in [-0.05, 0) is 5.46 Å². The number of hydrogen-bond donors (Lipinski definition) is 3. The number of benzene rings is 1. The van der Waals surface area contributed by atoms with E-state index in [1.54, 1.807) is 0 Å². The Balaban J connectivity index is 2.09. The molecule has 0 spiro atoms. The minimum atomic E-state index is -1.05. The molecule has 0 saturated carbocycles. The van der Waals surface area contributed by atoms with Crippen LogP contribution in [0.5, 0.6) is 0 Å². The molecular formula is C11H15BO5. The number of rotatable bonds is 4. The summed E-state index contributed by atoms with van der Waals surface area (Å²) >= 11 is 0. The molecule has 1 heterocycles. The first kappa shape index (κ1) is 12.5. The fourth-order valence-electron chi connectivity index (χ4n) is 1.86. The lowest BCUT2D eigenvalue weighted by Crippen LogP contribution is -2.39. The SMILES string of the molecule is OC[C@H](O)[C@H]1OB(c2ccccc2)O[C@@H]1CO. The van der Waals surface area contributed by atoms with Gasteiger partial charge in [0.2, 0.25) is 0 Å². The highest BCUT2D eigenvalue weighted by Crippen LogP contribution is 2.19. The van der Waals surface area contributed by atoms with Crippen LogP contribution in [0.4, 0.5) is 0 Å². The Morgan fingerprint density at radius 1 is 1.18 bits per heavy atom. The van der Waals surface area contributed by atoms with Crippen LogP contribution in [0.25, 0.3) is 0 Å². The normalized spacial score (nSPS) is 26.2. The highest BCUT2D eigenvalue weighted by molar-refractivity contribution is 6.61. The van der Waals surface area contributed by atoms with Gasteiger partial charge in [-0.2, -0.15) is 0 Å². The average Bonchev–Trinajstić information content (AvgIpc) is 2.83. The molecular weight excluding hydrogens is 223 g/mol. The lowest BCUT2D eigenvalue weighted by Gasteiger charge is -2.20. The van der Waals surface area contributed by atoms with Crippen molar-refractivity contribution in [1.82, 2.24) is 0 Å². The van der Waals surface area contributed by atoms with Gasteiger partial charge >= 0.3 is 7.12 Å². The zero-order valence-corrected chi connectivity index (χ0v) is 9.27. The molecule has 92 valence electrons. The topological polar surface area (TPSA) is 79.2 Å². The molecule has 1 aliphatic heterocycles. The summed E-state index contributed by atoms with van der Waals surface area (Å²) < 4.78 is 11.0. The van der Waals surface area contributed by atoms with Gasteiger partial charge in [0.05, 0.1) is 25.4 Å². The minimum Gasteiger partial charge on any atom is -0.399 e. The van der Waals surface area contributed by atoms with Gasteiger partial charge < -0.3 is 24.6 Å². The monoisotopic (exact) mass is 238 g/mol. The van der Waals surface area contributed by atoms with Crippen molar-refractivity contribution in [2.45, 2.75) is 18.3 Å². The summed E-state index contributed by atoms with van der Waals surface area (Å²) in [5, 5.41) is 27.6. The van der Waals surface area contributed by atoms with Gasteiger partial charge in [0.25, 0.3) is 0 Å². The average molecular weight is 238 g/mol. The van der Waals surface area contributed by atoms with E-state index in [2.05, 4.69) is 0 Å². The van der Waals surface area contributed by atoms with E-state index in [1.165, 1.54) is 0 Å². The van der Waals surface area contributed by atoms with Gasteiger partial charge in [-0.1, -0.05) is 30.3 Å². The van der Waals surface area contributed by atoms with Gasteiger partial charge in [-0.3, -0.25) is 0 Å². The number of aliphatic hydroxyl groups is 3. The molecule has 2 rings (SSSR count). The van der Waals surface area contributed by atoms with Crippen molar-refractivity contribution in [3.8, 4) is 0 Å². The van der Waals surface area contributed by atoms with Crippen LogP contribution in [0.1, 0.15) is 0 Å². The van der Waals surface area contributed by atoms with Crippen LogP contribution in [0, 0.1) is 0 Å². The van der Waals surface area contributed by atoms with Crippen LogP contribution in [0.15, 0.2) is 30.3 Å². The predicted octanol–water partition coefficient (Wildman–Crippen LogP) is -1.49. The molecule has 17 heavy (non-hydrogen) atoms. The van der Waals surface area contributed by atoms with Crippen LogP contribution in [-0.2, 0) is 9.31 Å². The zero-order valence-electron chi connectivity index (χ0n) is 9.27. The fourth-order valence-corrected chi connectivity index (χ4v) is 1.86. The summed E-state index contributed by atoms with van der Waals surface area (Å²) in [6, 6.07) is 9.26. The number of aliphatic hydroxyl groups excluding tert-OH is 3. The molecule has 1 fully saturated rings. The quantitative estimate of drug-likeness (QED) is 0.557. The Morgan fingerprint density at radius 2 is 1.88 bits per heavy atom. The second-order valence-corrected chi connectivity index (χ2v) is 3.95. The van der Waals surface area contributed by atoms with Crippen LogP contribution in [0.3, 0.4) is 0 Å². The summed E-state index contributed by atoms with van der Waals surface area (Å²) in [6.07, 6.45) is -2.39. The van der Waals surface area contributed by atoms with Gasteiger partial charge in [0, 0.05) is 0 Å². The van der Waals surface area contributed by atoms with Gasteiger partial charge in [-0.25, -0.2) is 0 Å². The second-order valence-electron chi connectivity index (χ2n) is 3.95. The maximum absolute atomic E-state index is 9.56. The Hall–Kier alpha value is -0.915. The van der Waals surface area contributed by atoms with Crippen LogP contribution >= 0.6 is 0 Å². The minimum absolute atomic E-state index is 0.259. The van der Waals surface area contributed by atoms with E-state index in [-0.39, 0.29) is 6.61 Å². The van der Waals surface area contributed by atoms with Crippen LogP contribution < -0.4 is 5.46 Å². The maximum atomic E-state index is 9.56. The molecule has 0 unspecified atom stereocenters. The van der Waals surface area contributed by atoms with E-state index in [0.29, 0.717) is 0 Å². The summed E-state index contributed by atoms with van der Waals surface area (Å²) in [5.74, 6) is 0. The molecule has 6 heteroatoms. The van der Waals surface area contributed by atoms with Crippen LogP contribution in [0.2, 0.25) is 0 Å². The van der Waals surface area contributed by atoms with E-state index in [4.69, 9.17) is 19.5 Å². The van der Waals surface area contributed by atoms with E-state index in [1.807, 2.05) is 30.3 Å². The van der Waals surface area contributed by atoms with E-state index < -0.39 is 32.0 Å². The molecule has 0 aromatic heterocycles. The maximum Gasteiger partial charge on any atom is 0.494 e. The van der Waals surface area contributed by atoms with E-state index in [0.717, 1.165) is 5.46 Å². The van der Waals surface area contributed by atoms with E-state index in [9.17, 15) is 5.11 Å². The molecule has 0 bridgehead atoms. The van der Waals surface area contributed by atoms with Crippen molar-refractivity contribution < 1.29 is 24.6 Å². The standard InChI is InChI=1S/C11H15BO5/c13-6-9(15)11-10(7-14)16-12(17-11)8-4-2-1-3-5-8/h1-5,9-11,13-15H,6-7H2/t9-,10+,11+/m0/s1. The third-order valence-electron chi connectivity index (χ3n) is 2.76. The third kappa shape index (κ3) is 2.67. The summed E-state index contributed by atoms with van der Waals surface area (Å²) in [4.78, 5) is 0. The van der Waals surface area contributed by atoms with Crippen molar-refractivity contribution in [1.29, 1.82) is 0 Å². The molecule has 3 atom stereocenters. The molecule has 1 saturated heterocycles. The zero-order chi connectivity index (χ0) is 12.3. The fraction of sp³-hybridized carbons (Fsp3) is 0.455. The van der Waals surface area contributed by atoms with Crippen molar-refractivity contribution in [3.63, 3.8) is 0 Å². The molecule has 0 radical (unpaired) electrons. The lowest BCUT2D eigenvalue weighted by molar-refractivity contribution is -0.0266. The molecule has 0 aliphatic carbocycles. The molecule has 1 aromatic carbocycles. The largest absolute Gasteiger partial charge is 0.494 e. The van der Waals surface area contributed by atoms with Crippen molar-refractivity contribution in [2.75, 3.05) is 13.2 Å². The highest BCUT2D eigenvalue weighted by Gasteiger charge is 2.43. The van der Waals surface area contributed by atoms with Gasteiger partial charge in [0.15, 0.2) is 0 Å². The highest BCUT2D eigenvalue weighted by atomic mass is 16.7. The molecule has 1 aliphatic rings. The predicted molar refractivity (Wildman–Crippen MR) is 61.8 cm³/mol. The Kier molecular flexibility index (Phi) is 4.14. The molecule has 5 nitrogen and oxygen atoms in total. The Labute approximate surface area is 99.8 Å². The van der Waals surface area contributed by atoms with Crippen molar-refractivity contribution in [2.24, 2.45) is 0 Å². The molecule has 0 amide bonds. The van der Waals surface area contributed by atoms with Crippen LogP contribution in [-0.4, -0.2) is 54.0 Å². The smallest absolute Gasteiger partial charge is 0.399 e.